The van der Waals surface area contributed by atoms with Crippen LogP contribution in [0.2, 0.25) is 0 Å². The number of nitrogens with two attached hydrogens (primary N) is 1. The topological polar surface area (TPSA) is 69.8 Å². The van der Waals surface area contributed by atoms with Crippen LogP contribution in [0.1, 0.15) is 52.4 Å². The van der Waals surface area contributed by atoms with Gasteiger partial charge in [0.25, 0.3) is 0 Å². The maximum atomic E-state index is 11.3. The van der Waals surface area contributed by atoms with E-state index < -0.39 is 5.60 Å². The van der Waals surface area contributed by atoms with Crippen LogP contribution < -0.4 is 5.73 Å². The minimum absolute atomic E-state index is 0.268. The fourth-order valence-electron chi connectivity index (χ4n) is 3.93. The van der Waals surface area contributed by atoms with E-state index in [9.17, 15) is 9.90 Å². The van der Waals surface area contributed by atoms with Gasteiger partial charge in [-0.1, -0.05) is 6.42 Å². The SMILES string of the molecule is CC(C)N(CCC(N)=O)C[C@]1(O)CCCN2CCCC[C@@H]21. The second-order valence-corrected chi connectivity index (χ2v) is 7.04. The van der Waals surface area contributed by atoms with Crippen LogP contribution in [0.15, 0.2) is 0 Å². The van der Waals surface area contributed by atoms with E-state index in [1.807, 2.05) is 0 Å². The maximum absolute atomic E-state index is 11.3. The number of hydrogen-bond donors (Lipinski definition) is 2. The van der Waals surface area contributed by atoms with Crippen molar-refractivity contribution < 1.29 is 9.90 Å². The molecule has 0 bridgehead atoms. The molecule has 0 aromatic heterocycles. The number of rotatable bonds is 6. The minimum Gasteiger partial charge on any atom is -0.387 e. The summed E-state index contributed by atoms with van der Waals surface area (Å²) >= 11 is 0. The number of carbonyl (C=O) groups excluding carboxylic acids is 1. The van der Waals surface area contributed by atoms with Crippen molar-refractivity contribution in [3.63, 3.8) is 0 Å². The molecule has 2 rings (SSSR count). The van der Waals surface area contributed by atoms with Gasteiger partial charge in [0.15, 0.2) is 0 Å². The second-order valence-electron chi connectivity index (χ2n) is 7.04. The van der Waals surface area contributed by atoms with Gasteiger partial charge in [-0.3, -0.25) is 14.6 Å². The van der Waals surface area contributed by atoms with Crippen molar-refractivity contribution in [1.29, 1.82) is 0 Å². The van der Waals surface area contributed by atoms with Crippen molar-refractivity contribution in [2.24, 2.45) is 5.73 Å². The molecule has 2 aliphatic rings. The molecular formula is C16H31N3O2. The predicted molar refractivity (Wildman–Crippen MR) is 83.9 cm³/mol. The first-order chi connectivity index (χ1) is 9.92. The van der Waals surface area contributed by atoms with Crippen LogP contribution in [0.4, 0.5) is 0 Å². The molecule has 0 aromatic carbocycles. The summed E-state index contributed by atoms with van der Waals surface area (Å²) in [6.45, 7) is 7.77. The van der Waals surface area contributed by atoms with Crippen molar-refractivity contribution in [2.75, 3.05) is 26.2 Å². The lowest BCUT2D eigenvalue weighted by atomic mass is 9.79. The van der Waals surface area contributed by atoms with E-state index in [0.717, 1.165) is 32.4 Å². The molecule has 2 aliphatic heterocycles. The van der Waals surface area contributed by atoms with E-state index in [4.69, 9.17) is 5.73 Å². The number of fused-ring (bicyclic) bond motifs is 1. The smallest absolute Gasteiger partial charge is 0.218 e. The zero-order chi connectivity index (χ0) is 15.5. The Morgan fingerprint density at radius 2 is 2.10 bits per heavy atom. The molecule has 5 heteroatoms. The maximum Gasteiger partial charge on any atom is 0.218 e. The van der Waals surface area contributed by atoms with Crippen LogP contribution in [0.25, 0.3) is 0 Å². The van der Waals surface area contributed by atoms with Crippen LogP contribution in [0, 0.1) is 0 Å². The summed E-state index contributed by atoms with van der Waals surface area (Å²) in [7, 11) is 0. The van der Waals surface area contributed by atoms with Gasteiger partial charge in [-0.25, -0.2) is 0 Å². The van der Waals surface area contributed by atoms with Crippen molar-refractivity contribution in [3.8, 4) is 0 Å². The summed E-state index contributed by atoms with van der Waals surface area (Å²) in [5.74, 6) is -0.268. The van der Waals surface area contributed by atoms with Gasteiger partial charge >= 0.3 is 0 Å². The highest BCUT2D eigenvalue weighted by atomic mass is 16.3. The molecule has 0 spiro atoms. The summed E-state index contributed by atoms with van der Waals surface area (Å²) in [4.78, 5) is 15.7. The Morgan fingerprint density at radius 1 is 1.38 bits per heavy atom. The van der Waals surface area contributed by atoms with Gasteiger partial charge < -0.3 is 10.8 Å². The largest absolute Gasteiger partial charge is 0.387 e. The monoisotopic (exact) mass is 297 g/mol. The lowest BCUT2D eigenvalue weighted by molar-refractivity contribution is -0.121. The molecular weight excluding hydrogens is 266 g/mol. The molecule has 2 fully saturated rings. The molecule has 3 N–H and O–H groups in total. The summed E-state index contributed by atoms with van der Waals surface area (Å²) in [5.41, 5.74) is 4.64. The third-order valence-corrected chi connectivity index (χ3v) is 5.14. The van der Waals surface area contributed by atoms with Gasteiger partial charge in [-0.2, -0.15) is 0 Å². The van der Waals surface area contributed by atoms with Crippen LogP contribution in [-0.4, -0.2) is 64.7 Å². The third kappa shape index (κ3) is 4.18. The molecule has 0 aliphatic carbocycles. The lowest BCUT2D eigenvalue weighted by Gasteiger charge is -2.51. The Hall–Kier alpha value is -0.650. The molecule has 0 unspecified atom stereocenters. The molecule has 0 aromatic rings. The standard InChI is InChI=1S/C16H31N3O2/c1-13(2)19(11-7-15(17)20)12-16(21)8-5-10-18-9-4-3-6-14(16)18/h13-14,21H,3-12H2,1-2H3,(H2,17,20)/t14-,16-/m1/s1. The van der Waals surface area contributed by atoms with Crippen molar-refractivity contribution in [3.05, 3.63) is 0 Å². The molecule has 0 radical (unpaired) electrons. The van der Waals surface area contributed by atoms with Gasteiger partial charge in [0.2, 0.25) is 5.91 Å². The Labute approximate surface area is 128 Å². The Bertz CT molecular complexity index is 359. The number of hydrogen-bond acceptors (Lipinski definition) is 4. The number of primary amides is 1. The Kier molecular flexibility index (Phi) is 5.63. The molecule has 2 heterocycles. The van der Waals surface area contributed by atoms with E-state index in [2.05, 4.69) is 23.6 Å². The normalized spacial score (nSPS) is 30.6. The first-order valence-corrected chi connectivity index (χ1v) is 8.41. The van der Waals surface area contributed by atoms with E-state index in [1.54, 1.807) is 0 Å². The van der Waals surface area contributed by atoms with Crippen LogP contribution in [0.5, 0.6) is 0 Å². The molecule has 2 saturated heterocycles. The number of aliphatic hydroxyl groups is 1. The van der Waals surface area contributed by atoms with Crippen LogP contribution in [-0.2, 0) is 4.79 Å². The van der Waals surface area contributed by atoms with Crippen molar-refractivity contribution in [1.82, 2.24) is 9.80 Å². The van der Waals surface area contributed by atoms with E-state index in [1.165, 1.54) is 12.8 Å². The highest BCUT2D eigenvalue weighted by molar-refractivity contribution is 5.73. The highest BCUT2D eigenvalue weighted by Gasteiger charge is 2.44. The molecule has 1 amide bonds. The number of carbonyl (C=O) groups is 1. The number of nitrogens with zero attached hydrogens (tertiary/aromatic N) is 2. The summed E-state index contributed by atoms with van der Waals surface area (Å²) < 4.78 is 0. The molecule has 5 nitrogen and oxygen atoms in total. The summed E-state index contributed by atoms with van der Waals surface area (Å²) in [6, 6.07) is 0.599. The van der Waals surface area contributed by atoms with Gasteiger partial charge in [-0.15, -0.1) is 0 Å². The third-order valence-electron chi connectivity index (χ3n) is 5.14. The Balaban J connectivity index is 2.03. The minimum atomic E-state index is -0.638. The zero-order valence-electron chi connectivity index (χ0n) is 13.6. The lowest BCUT2D eigenvalue weighted by Crippen LogP contribution is -2.63. The van der Waals surface area contributed by atoms with Crippen molar-refractivity contribution >= 4 is 5.91 Å². The average molecular weight is 297 g/mol. The first kappa shape index (κ1) is 16.7. The van der Waals surface area contributed by atoms with E-state index in [0.29, 0.717) is 25.6 Å². The quantitative estimate of drug-likeness (QED) is 0.766. The number of piperidine rings is 2. The molecule has 21 heavy (non-hydrogen) atoms. The van der Waals surface area contributed by atoms with Crippen molar-refractivity contribution in [2.45, 2.75) is 70.1 Å². The van der Waals surface area contributed by atoms with Crippen LogP contribution >= 0.6 is 0 Å². The van der Waals surface area contributed by atoms with Gasteiger partial charge in [-0.05, 0) is 52.6 Å². The number of amides is 1. The average Bonchev–Trinajstić information content (AvgIpc) is 2.43. The summed E-state index contributed by atoms with van der Waals surface area (Å²) in [6.07, 6.45) is 5.86. The summed E-state index contributed by atoms with van der Waals surface area (Å²) in [5, 5.41) is 11.3. The second kappa shape index (κ2) is 7.07. The molecule has 0 saturated carbocycles. The fraction of sp³-hybridized carbons (Fsp3) is 0.938. The predicted octanol–water partition coefficient (Wildman–Crippen LogP) is 0.952. The fourth-order valence-corrected chi connectivity index (χ4v) is 3.93. The first-order valence-electron chi connectivity index (χ1n) is 8.41. The van der Waals surface area contributed by atoms with E-state index >= 15 is 0 Å². The van der Waals surface area contributed by atoms with Gasteiger partial charge in [0, 0.05) is 31.6 Å². The van der Waals surface area contributed by atoms with E-state index in [-0.39, 0.29) is 11.9 Å². The van der Waals surface area contributed by atoms with Gasteiger partial charge in [0.1, 0.15) is 0 Å². The Morgan fingerprint density at radius 3 is 2.76 bits per heavy atom. The van der Waals surface area contributed by atoms with Crippen LogP contribution in [0.3, 0.4) is 0 Å². The zero-order valence-corrected chi connectivity index (χ0v) is 13.6. The molecule has 122 valence electrons. The molecule has 2 atom stereocenters. The highest BCUT2D eigenvalue weighted by Crippen LogP contribution is 2.35. The van der Waals surface area contributed by atoms with Gasteiger partial charge in [0.05, 0.1) is 5.60 Å².